The molecule has 0 aliphatic heterocycles. The Bertz CT molecular complexity index is 408. The van der Waals surface area contributed by atoms with Gasteiger partial charge in [0.15, 0.2) is 5.65 Å². The summed E-state index contributed by atoms with van der Waals surface area (Å²) in [5.41, 5.74) is 1.54. The highest BCUT2D eigenvalue weighted by Gasteiger charge is 2.02. The minimum Gasteiger partial charge on any atom is -0.392 e. The van der Waals surface area contributed by atoms with E-state index in [-0.39, 0.29) is 6.61 Å². The summed E-state index contributed by atoms with van der Waals surface area (Å²) in [6, 6.07) is 3.68. The third-order valence-electron chi connectivity index (χ3n) is 1.72. The Labute approximate surface area is 69.5 Å². The average Bonchev–Trinajstić information content (AvgIpc) is 2.44. The smallest absolute Gasteiger partial charge is 0.161 e. The van der Waals surface area contributed by atoms with Crippen LogP contribution in [0.4, 0.5) is 0 Å². The first-order valence-electron chi connectivity index (χ1n) is 3.73. The highest BCUT2D eigenvalue weighted by Crippen LogP contribution is 2.07. The van der Waals surface area contributed by atoms with Gasteiger partial charge in [-0.2, -0.15) is 5.10 Å². The van der Waals surface area contributed by atoms with E-state index in [0.29, 0.717) is 0 Å². The number of pyridine rings is 1. The minimum atomic E-state index is 0.00245. The van der Waals surface area contributed by atoms with Gasteiger partial charge < -0.3 is 5.11 Å². The van der Waals surface area contributed by atoms with Gasteiger partial charge in [0, 0.05) is 11.8 Å². The van der Waals surface area contributed by atoms with Gasteiger partial charge in [-0.15, -0.1) is 0 Å². The fourth-order valence-corrected chi connectivity index (χ4v) is 1.19. The van der Waals surface area contributed by atoms with Crippen LogP contribution in [0.1, 0.15) is 11.4 Å². The summed E-state index contributed by atoms with van der Waals surface area (Å²) in [6.07, 6.45) is 1.81. The zero-order chi connectivity index (χ0) is 8.55. The molecule has 0 amide bonds. The maximum atomic E-state index is 8.96. The summed E-state index contributed by atoms with van der Waals surface area (Å²) < 4.78 is 1.67. The molecule has 4 heteroatoms. The molecule has 2 aromatic heterocycles. The van der Waals surface area contributed by atoms with Gasteiger partial charge in [-0.3, -0.25) is 0 Å². The lowest BCUT2D eigenvalue weighted by Gasteiger charge is -1.95. The SMILES string of the molecule is Cc1nc2c(CO)cccn2n1. The second-order valence-electron chi connectivity index (χ2n) is 2.62. The Morgan fingerprint density at radius 2 is 2.42 bits per heavy atom. The van der Waals surface area contributed by atoms with Crippen LogP contribution in [0.2, 0.25) is 0 Å². The first-order chi connectivity index (χ1) is 5.81. The molecular weight excluding hydrogens is 154 g/mol. The first-order valence-corrected chi connectivity index (χ1v) is 3.73. The Hall–Kier alpha value is -1.42. The summed E-state index contributed by atoms with van der Waals surface area (Å²) in [5.74, 6) is 0.718. The Kier molecular flexibility index (Phi) is 1.55. The fraction of sp³-hybridized carbons (Fsp3) is 0.250. The van der Waals surface area contributed by atoms with Crippen LogP contribution >= 0.6 is 0 Å². The van der Waals surface area contributed by atoms with Crippen molar-refractivity contribution in [2.75, 3.05) is 0 Å². The van der Waals surface area contributed by atoms with Crippen molar-refractivity contribution in [3.05, 3.63) is 29.7 Å². The molecule has 2 heterocycles. The first kappa shape index (κ1) is 7.24. The lowest BCUT2D eigenvalue weighted by molar-refractivity contribution is 0.282. The lowest BCUT2D eigenvalue weighted by Crippen LogP contribution is -1.92. The Morgan fingerprint density at radius 3 is 3.17 bits per heavy atom. The highest BCUT2D eigenvalue weighted by atomic mass is 16.3. The van der Waals surface area contributed by atoms with Crippen LogP contribution in [0.3, 0.4) is 0 Å². The number of hydrogen-bond donors (Lipinski definition) is 1. The zero-order valence-electron chi connectivity index (χ0n) is 6.73. The van der Waals surface area contributed by atoms with Gasteiger partial charge in [-0.05, 0) is 13.0 Å². The molecule has 2 rings (SSSR count). The Morgan fingerprint density at radius 1 is 1.58 bits per heavy atom. The number of rotatable bonds is 1. The van der Waals surface area contributed by atoms with E-state index in [1.807, 2.05) is 25.3 Å². The number of aryl methyl sites for hydroxylation is 1. The van der Waals surface area contributed by atoms with Crippen LogP contribution < -0.4 is 0 Å². The predicted molar refractivity (Wildman–Crippen MR) is 43.6 cm³/mol. The predicted octanol–water partition coefficient (Wildman–Crippen LogP) is 0.530. The fourth-order valence-electron chi connectivity index (χ4n) is 1.19. The third kappa shape index (κ3) is 0.967. The van der Waals surface area contributed by atoms with Crippen molar-refractivity contribution in [1.29, 1.82) is 0 Å². The van der Waals surface area contributed by atoms with Crippen LogP contribution in [-0.4, -0.2) is 19.7 Å². The molecule has 0 fully saturated rings. The van der Waals surface area contributed by atoms with E-state index in [1.54, 1.807) is 4.52 Å². The van der Waals surface area contributed by atoms with Gasteiger partial charge in [0.2, 0.25) is 0 Å². The van der Waals surface area contributed by atoms with Gasteiger partial charge >= 0.3 is 0 Å². The zero-order valence-corrected chi connectivity index (χ0v) is 6.73. The summed E-state index contributed by atoms with van der Waals surface area (Å²) in [7, 11) is 0. The molecule has 0 bridgehead atoms. The van der Waals surface area contributed by atoms with Gasteiger partial charge in [-0.1, -0.05) is 6.07 Å². The molecule has 2 aromatic rings. The number of aromatic nitrogens is 3. The van der Waals surface area contributed by atoms with Crippen LogP contribution in [0, 0.1) is 6.92 Å². The molecule has 0 saturated carbocycles. The second kappa shape index (κ2) is 2.57. The molecule has 0 atom stereocenters. The molecule has 1 N–H and O–H groups in total. The van der Waals surface area contributed by atoms with E-state index in [4.69, 9.17) is 5.11 Å². The number of hydrogen-bond acceptors (Lipinski definition) is 3. The quantitative estimate of drug-likeness (QED) is 0.667. The van der Waals surface area contributed by atoms with Crippen molar-refractivity contribution >= 4 is 5.65 Å². The summed E-state index contributed by atoms with van der Waals surface area (Å²) in [6.45, 7) is 1.83. The van der Waals surface area contributed by atoms with Crippen LogP contribution in [0.25, 0.3) is 5.65 Å². The van der Waals surface area contributed by atoms with Crippen LogP contribution in [0.5, 0.6) is 0 Å². The van der Waals surface area contributed by atoms with E-state index in [0.717, 1.165) is 17.0 Å². The maximum absolute atomic E-state index is 8.96. The Balaban J connectivity index is 2.78. The van der Waals surface area contributed by atoms with Gasteiger partial charge in [0.05, 0.1) is 6.61 Å². The standard InChI is InChI=1S/C8H9N3O/c1-6-9-8-7(5-12)3-2-4-11(8)10-6/h2-4,12H,5H2,1H3. The van der Waals surface area contributed by atoms with Crippen molar-refractivity contribution in [1.82, 2.24) is 14.6 Å². The lowest BCUT2D eigenvalue weighted by atomic mass is 10.3. The average molecular weight is 163 g/mol. The van der Waals surface area contributed by atoms with E-state index in [1.165, 1.54) is 0 Å². The third-order valence-corrected chi connectivity index (χ3v) is 1.72. The molecule has 0 unspecified atom stereocenters. The van der Waals surface area contributed by atoms with E-state index >= 15 is 0 Å². The maximum Gasteiger partial charge on any atom is 0.161 e. The van der Waals surface area contributed by atoms with Crippen LogP contribution in [-0.2, 0) is 6.61 Å². The normalized spacial score (nSPS) is 10.8. The summed E-state index contributed by atoms with van der Waals surface area (Å²) in [5, 5.41) is 13.1. The highest BCUT2D eigenvalue weighted by molar-refractivity contribution is 5.46. The molecular formula is C8H9N3O. The van der Waals surface area contributed by atoms with Crippen molar-refractivity contribution < 1.29 is 5.11 Å². The molecule has 0 saturated heterocycles. The molecule has 12 heavy (non-hydrogen) atoms. The summed E-state index contributed by atoms with van der Waals surface area (Å²) >= 11 is 0. The molecule has 0 aliphatic carbocycles. The van der Waals surface area contributed by atoms with Crippen molar-refractivity contribution in [2.45, 2.75) is 13.5 Å². The van der Waals surface area contributed by atoms with Crippen LogP contribution in [0.15, 0.2) is 18.3 Å². The van der Waals surface area contributed by atoms with E-state index in [2.05, 4.69) is 10.1 Å². The van der Waals surface area contributed by atoms with Gasteiger partial charge in [0.1, 0.15) is 5.82 Å². The van der Waals surface area contributed by atoms with Crippen molar-refractivity contribution in [3.8, 4) is 0 Å². The second-order valence-corrected chi connectivity index (χ2v) is 2.62. The number of aliphatic hydroxyl groups is 1. The topological polar surface area (TPSA) is 50.4 Å². The van der Waals surface area contributed by atoms with Crippen molar-refractivity contribution in [2.24, 2.45) is 0 Å². The summed E-state index contributed by atoms with van der Waals surface area (Å²) in [4.78, 5) is 4.18. The number of fused-ring (bicyclic) bond motifs is 1. The molecule has 62 valence electrons. The largest absolute Gasteiger partial charge is 0.392 e. The van der Waals surface area contributed by atoms with E-state index in [9.17, 15) is 0 Å². The molecule has 0 aromatic carbocycles. The van der Waals surface area contributed by atoms with Crippen molar-refractivity contribution in [3.63, 3.8) is 0 Å². The number of nitrogens with zero attached hydrogens (tertiary/aromatic N) is 3. The number of aliphatic hydroxyl groups excluding tert-OH is 1. The monoisotopic (exact) mass is 163 g/mol. The molecule has 0 spiro atoms. The molecule has 0 aliphatic rings. The molecule has 4 nitrogen and oxygen atoms in total. The van der Waals surface area contributed by atoms with Gasteiger partial charge in [-0.25, -0.2) is 9.50 Å². The minimum absolute atomic E-state index is 0.00245. The molecule has 0 radical (unpaired) electrons. The van der Waals surface area contributed by atoms with E-state index < -0.39 is 0 Å². The van der Waals surface area contributed by atoms with Gasteiger partial charge in [0.25, 0.3) is 0 Å².